The van der Waals surface area contributed by atoms with Gasteiger partial charge in [-0.25, -0.2) is 9.97 Å². The Morgan fingerprint density at radius 1 is 1.38 bits per heavy atom. The molecule has 2 aromatic heterocycles. The van der Waals surface area contributed by atoms with Crippen LogP contribution in [0, 0.1) is 0 Å². The van der Waals surface area contributed by atoms with Crippen molar-refractivity contribution in [1.82, 2.24) is 15.0 Å². The number of nitrogens with one attached hydrogen (secondary N) is 1. The van der Waals surface area contributed by atoms with Gasteiger partial charge in [-0.3, -0.25) is 0 Å². The molecule has 108 valence electrons. The summed E-state index contributed by atoms with van der Waals surface area (Å²) in [5.41, 5.74) is 1.03. The topological polar surface area (TPSA) is 44.8 Å². The molecule has 3 heterocycles. The zero-order valence-electron chi connectivity index (χ0n) is 11.4. The summed E-state index contributed by atoms with van der Waals surface area (Å²) in [6, 6.07) is 5.88. The lowest BCUT2D eigenvalue weighted by atomic mass is 9.98. The Hall–Kier alpha value is -1.59. The lowest BCUT2D eigenvalue weighted by Gasteiger charge is -2.31. The van der Waals surface area contributed by atoms with Crippen LogP contribution in [0.15, 0.2) is 30.6 Å². The van der Waals surface area contributed by atoms with E-state index in [2.05, 4.69) is 14.9 Å². The van der Waals surface area contributed by atoms with Gasteiger partial charge >= 0.3 is 0 Å². The molecule has 1 N–H and O–H groups in total. The molecule has 0 aliphatic carbocycles. The number of aromatic amines is 1. The van der Waals surface area contributed by atoms with Crippen LogP contribution in [0.4, 0.5) is 5.13 Å². The van der Waals surface area contributed by atoms with E-state index in [1.165, 1.54) is 12.8 Å². The molecule has 1 aliphatic rings. The minimum Gasteiger partial charge on any atom is -0.348 e. The largest absolute Gasteiger partial charge is 0.348 e. The molecular weight excluding hydrogens is 304 g/mol. The van der Waals surface area contributed by atoms with Crippen LogP contribution in [0.3, 0.4) is 0 Å². The zero-order valence-corrected chi connectivity index (χ0v) is 13.0. The number of thiazole rings is 1. The average Bonchev–Trinajstić information content (AvgIpc) is 3.16. The zero-order chi connectivity index (χ0) is 14.2. The van der Waals surface area contributed by atoms with Crippen LogP contribution < -0.4 is 4.90 Å². The van der Waals surface area contributed by atoms with E-state index >= 15 is 0 Å². The monoisotopic (exact) mass is 318 g/mol. The normalized spacial score (nSPS) is 19.3. The van der Waals surface area contributed by atoms with Gasteiger partial charge in [0.25, 0.3) is 0 Å². The highest BCUT2D eigenvalue weighted by atomic mass is 35.5. The molecule has 0 saturated carbocycles. The van der Waals surface area contributed by atoms with E-state index in [0.29, 0.717) is 5.92 Å². The second kappa shape index (κ2) is 5.31. The van der Waals surface area contributed by atoms with Crippen LogP contribution in [0.5, 0.6) is 0 Å². The minimum atomic E-state index is 0.462. The number of halogens is 1. The highest BCUT2D eigenvalue weighted by Crippen LogP contribution is 2.34. The van der Waals surface area contributed by atoms with Gasteiger partial charge in [-0.1, -0.05) is 22.9 Å². The number of hydrogen-bond acceptors (Lipinski definition) is 4. The quantitative estimate of drug-likeness (QED) is 0.775. The van der Waals surface area contributed by atoms with Crippen LogP contribution in [-0.2, 0) is 0 Å². The summed E-state index contributed by atoms with van der Waals surface area (Å²) in [6.45, 7) is 2.03. The first-order valence-electron chi connectivity index (χ1n) is 7.10. The van der Waals surface area contributed by atoms with E-state index in [1.54, 1.807) is 11.3 Å². The molecular formula is C15H15ClN4S. The van der Waals surface area contributed by atoms with E-state index in [-0.39, 0.29) is 0 Å². The van der Waals surface area contributed by atoms with E-state index < -0.39 is 0 Å². The van der Waals surface area contributed by atoms with Crippen molar-refractivity contribution in [3.63, 3.8) is 0 Å². The Kier molecular flexibility index (Phi) is 3.31. The van der Waals surface area contributed by atoms with Crippen LogP contribution in [0.2, 0.25) is 5.02 Å². The lowest BCUT2D eigenvalue weighted by Crippen LogP contribution is -2.34. The molecule has 4 rings (SSSR count). The van der Waals surface area contributed by atoms with Gasteiger partial charge in [0.15, 0.2) is 5.13 Å². The first kappa shape index (κ1) is 13.1. The van der Waals surface area contributed by atoms with Crippen LogP contribution in [0.1, 0.15) is 24.6 Å². The second-order valence-corrected chi connectivity index (χ2v) is 6.81. The fourth-order valence-electron chi connectivity index (χ4n) is 2.90. The number of hydrogen-bond donors (Lipinski definition) is 1. The average molecular weight is 319 g/mol. The molecule has 0 radical (unpaired) electrons. The Labute approximate surface area is 131 Å². The highest BCUT2D eigenvalue weighted by molar-refractivity contribution is 7.22. The van der Waals surface area contributed by atoms with Crippen molar-refractivity contribution in [3.05, 3.63) is 41.4 Å². The Morgan fingerprint density at radius 3 is 3.19 bits per heavy atom. The number of piperidine rings is 1. The molecule has 0 bridgehead atoms. The summed E-state index contributed by atoms with van der Waals surface area (Å²) < 4.78 is 1.15. The molecule has 4 nitrogen and oxygen atoms in total. The Morgan fingerprint density at radius 2 is 2.33 bits per heavy atom. The first-order valence-corrected chi connectivity index (χ1v) is 8.29. The first-order chi connectivity index (χ1) is 10.3. The van der Waals surface area contributed by atoms with Crippen molar-refractivity contribution in [1.29, 1.82) is 0 Å². The summed E-state index contributed by atoms with van der Waals surface area (Å²) >= 11 is 7.77. The third kappa shape index (κ3) is 2.51. The second-order valence-electron chi connectivity index (χ2n) is 5.37. The molecule has 1 atom stereocenters. The number of benzene rings is 1. The minimum absolute atomic E-state index is 0.462. The molecule has 1 fully saturated rings. The predicted octanol–water partition coefficient (Wildman–Crippen LogP) is 4.06. The summed E-state index contributed by atoms with van der Waals surface area (Å²) in [5.74, 6) is 1.55. The number of aromatic nitrogens is 3. The molecule has 3 aromatic rings. The Balaban J connectivity index is 1.62. The summed E-state index contributed by atoms with van der Waals surface area (Å²) in [4.78, 5) is 14.8. The van der Waals surface area contributed by atoms with Gasteiger partial charge in [0.1, 0.15) is 5.82 Å². The molecule has 6 heteroatoms. The van der Waals surface area contributed by atoms with Gasteiger partial charge in [0.05, 0.1) is 10.2 Å². The van der Waals surface area contributed by atoms with Crippen molar-refractivity contribution in [3.8, 4) is 0 Å². The molecule has 21 heavy (non-hydrogen) atoms. The maximum atomic E-state index is 6.06. The van der Waals surface area contributed by atoms with Crippen molar-refractivity contribution >= 4 is 38.3 Å². The number of anilines is 1. The molecule has 1 aliphatic heterocycles. The summed E-state index contributed by atoms with van der Waals surface area (Å²) in [5, 5.41) is 1.85. The number of fused-ring (bicyclic) bond motifs is 1. The third-order valence-electron chi connectivity index (χ3n) is 3.94. The highest BCUT2D eigenvalue weighted by Gasteiger charge is 2.24. The van der Waals surface area contributed by atoms with E-state index in [9.17, 15) is 0 Å². The van der Waals surface area contributed by atoms with Crippen LogP contribution in [-0.4, -0.2) is 28.0 Å². The van der Waals surface area contributed by atoms with E-state index in [0.717, 1.165) is 39.3 Å². The molecule has 0 amide bonds. The number of rotatable bonds is 2. The standard InChI is InChI=1S/C15H15ClN4S/c16-11-3-4-12-13(8-11)21-15(19-12)20-7-1-2-10(9-20)14-17-5-6-18-14/h3-6,8,10H,1-2,7,9H2,(H,17,18)/t10-/m0/s1. The van der Waals surface area contributed by atoms with E-state index in [1.807, 2.05) is 30.6 Å². The van der Waals surface area contributed by atoms with Crippen molar-refractivity contribution in [2.45, 2.75) is 18.8 Å². The van der Waals surface area contributed by atoms with Crippen molar-refractivity contribution in [2.24, 2.45) is 0 Å². The predicted molar refractivity (Wildman–Crippen MR) is 87.4 cm³/mol. The van der Waals surface area contributed by atoms with E-state index in [4.69, 9.17) is 16.6 Å². The smallest absolute Gasteiger partial charge is 0.186 e. The van der Waals surface area contributed by atoms with Crippen molar-refractivity contribution < 1.29 is 0 Å². The van der Waals surface area contributed by atoms with Gasteiger partial charge in [0, 0.05) is 36.4 Å². The summed E-state index contributed by atoms with van der Waals surface area (Å²) in [7, 11) is 0. The van der Waals surface area contributed by atoms with Gasteiger partial charge in [-0.2, -0.15) is 0 Å². The van der Waals surface area contributed by atoms with Gasteiger partial charge in [-0.15, -0.1) is 0 Å². The summed E-state index contributed by atoms with van der Waals surface area (Å²) in [6.07, 6.45) is 6.07. The Bertz CT molecular complexity index is 752. The number of nitrogens with zero attached hydrogens (tertiary/aromatic N) is 3. The van der Waals surface area contributed by atoms with Gasteiger partial charge in [-0.05, 0) is 31.0 Å². The number of imidazole rings is 1. The maximum absolute atomic E-state index is 6.06. The van der Waals surface area contributed by atoms with Crippen LogP contribution >= 0.6 is 22.9 Å². The van der Waals surface area contributed by atoms with Gasteiger partial charge < -0.3 is 9.88 Å². The third-order valence-corrected chi connectivity index (χ3v) is 5.25. The maximum Gasteiger partial charge on any atom is 0.186 e. The molecule has 0 spiro atoms. The van der Waals surface area contributed by atoms with Crippen molar-refractivity contribution in [2.75, 3.05) is 18.0 Å². The number of H-pyrrole nitrogens is 1. The lowest BCUT2D eigenvalue weighted by molar-refractivity contribution is 0.494. The molecule has 1 saturated heterocycles. The molecule has 1 aromatic carbocycles. The fraction of sp³-hybridized carbons (Fsp3) is 0.333. The SMILES string of the molecule is Clc1ccc2nc(N3CCC[C@H](c4ncc[nH]4)C3)sc2c1. The molecule has 0 unspecified atom stereocenters. The van der Waals surface area contributed by atoms with Gasteiger partial charge in [0.2, 0.25) is 0 Å². The van der Waals surface area contributed by atoms with Crippen LogP contribution in [0.25, 0.3) is 10.2 Å². The fourth-order valence-corrected chi connectivity index (χ4v) is 4.17.